The van der Waals surface area contributed by atoms with Gasteiger partial charge >= 0.3 is 6.09 Å². The molecule has 41 heavy (non-hydrogen) atoms. The number of aliphatic hydroxyl groups is 1. The standard InChI is InChI=1S/C32H46N6O3/c1-6-15-33-30-34-20-27-28(21-38(29(27)35-30)25-11-13-26(39)14-12-25)24-9-7-23(8-10-24)22(2)36-16-18-37(19-17-36)31(40)41-32(3,4)5/h7-10,20-22,25-26,39H,6,11-19H2,1-5H3,(H,33,34,35). The first-order valence-corrected chi connectivity index (χ1v) is 15.2. The van der Waals surface area contributed by atoms with Crippen LogP contribution in [-0.4, -0.2) is 80.0 Å². The van der Waals surface area contributed by atoms with E-state index in [0.29, 0.717) is 25.1 Å². The normalized spacial score (nSPS) is 21.2. The van der Waals surface area contributed by atoms with Crippen LogP contribution in [0.2, 0.25) is 0 Å². The summed E-state index contributed by atoms with van der Waals surface area (Å²) in [5.41, 5.74) is 4.02. The highest BCUT2D eigenvalue weighted by atomic mass is 16.6. The third-order valence-electron chi connectivity index (χ3n) is 8.38. The van der Waals surface area contributed by atoms with Gasteiger partial charge in [-0.3, -0.25) is 4.90 Å². The van der Waals surface area contributed by atoms with Crippen molar-refractivity contribution in [2.45, 2.75) is 90.5 Å². The maximum Gasteiger partial charge on any atom is 0.410 e. The number of fused-ring (bicyclic) bond motifs is 1. The molecule has 2 aromatic heterocycles. The van der Waals surface area contributed by atoms with E-state index in [2.05, 4.69) is 64.1 Å². The van der Waals surface area contributed by atoms with Gasteiger partial charge in [0.05, 0.1) is 6.10 Å². The summed E-state index contributed by atoms with van der Waals surface area (Å²) >= 11 is 0. The predicted octanol–water partition coefficient (Wildman–Crippen LogP) is 6.01. The number of piperazine rings is 1. The number of hydrogen-bond acceptors (Lipinski definition) is 7. The van der Waals surface area contributed by atoms with Crippen molar-refractivity contribution in [1.82, 2.24) is 24.3 Å². The molecule has 9 nitrogen and oxygen atoms in total. The molecular weight excluding hydrogens is 516 g/mol. The molecule has 0 bridgehead atoms. The Morgan fingerprint density at radius 2 is 1.78 bits per heavy atom. The Balaban J connectivity index is 1.33. The lowest BCUT2D eigenvalue weighted by Gasteiger charge is -2.38. The van der Waals surface area contributed by atoms with E-state index in [1.54, 1.807) is 0 Å². The van der Waals surface area contributed by atoms with E-state index >= 15 is 0 Å². The highest BCUT2D eigenvalue weighted by molar-refractivity contribution is 5.94. The molecule has 1 aliphatic carbocycles. The van der Waals surface area contributed by atoms with Crippen molar-refractivity contribution in [3.63, 3.8) is 0 Å². The third kappa shape index (κ3) is 6.84. The van der Waals surface area contributed by atoms with E-state index in [1.165, 1.54) is 5.56 Å². The maximum absolute atomic E-state index is 12.5. The van der Waals surface area contributed by atoms with Crippen LogP contribution in [0.1, 0.15) is 84.4 Å². The fourth-order valence-corrected chi connectivity index (χ4v) is 5.97. The Morgan fingerprint density at radius 1 is 1.10 bits per heavy atom. The number of anilines is 1. The molecule has 0 radical (unpaired) electrons. The first-order valence-electron chi connectivity index (χ1n) is 15.2. The van der Waals surface area contributed by atoms with Crippen LogP contribution in [0.25, 0.3) is 22.2 Å². The minimum atomic E-state index is -0.477. The molecule has 2 aliphatic rings. The first kappa shape index (κ1) is 29.3. The summed E-state index contributed by atoms with van der Waals surface area (Å²) in [6.07, 6.45) is 8.32. The molecule has 1 unspecified atom stereocenters. The lowest BCUT2D eigenvalue weighted by atomic mass is 9.93. The van der Waals surface area contributed by atoms with Gasteiger partial charge in [0.2, 0.25) is 5.95 Å². The van der Waals surface area contributed by atoms with E-state index in [4.69, 9.17) is 9.72 Å². The van der Waals surface area contributed by atoms with Gasteiger partial charge < -0.3 is 24.6 Å². The molecule has 1 aliphatic heterocycles. The van der Waals surface area contributed by atoms with Crippen molar-refractivity contribution < 1.29 is 14.6 Å². The van der Waals surface area contributed by atoms with Crippen molar-refractivity contribution in [2.24, 2.45) is 0 Å². The van der Waals surface area contributed by atoms with Crippen LogP contribution in [0, 0.1) is 0 Å². The van der Waals surface area contributed by atoms with Crippen LogP contribution >= 0.6 is 0 Å². The summed E-state index contributed by atoms with van der Waals surface area (Å²) in [6, 6.07) is 9.42. The van der Waals surface area contributed by atoms with Crippen molar-refractivity contribution in [1.29, 1.82) is 0 Å². The Kier molecular flexibility index (Phi) is 8.85. The number of hydrogen-bond donors (Lipinski definition) is 2. The Labute approximate surface area is 243 Å². The number of aliphatic hydroxyl groups excluding tert-OH is 1. The van der Waals surface area contributed by atoms with Gasteiger partial charge in [-0.05, 0) is 70.9 Å². The summed E-state index contributed by atoms with van der Waals surface area (Å²) in [5.74, 6) is 0.664. The number of carbonyl (C=O) groups excluding carboxylic acids is 1. The van der Waals surface area contributed by atoms with Crippen LogP contribution in [-0.2, 0) is 4.74 Å². The summed E-state index contributed by atoms with van der Waals surface area (Å²) < 4.78 is 7.87. The lowest BCUT2D eigenvalue weighted by molar-refractivity contribution is 0.0110. The maximum atomic E-state index is 12.5. The molecule has 9 heteroatoms. The smallest absolute Gasteiger partial charge is 0.410 e. The lowest BCUT2D eigenvalue weighted by Crippen LogP contribution is -2.50. The van der Waals surface area contributed by atoms with Gasteiger partial charge in [0.25, 0.3) is 0 Å². The summed E-state index contributed by atoms with van der Waals surface area (Å²) in [7, 11) is 0. The van der Waals surface area contributed by atoms with Crippen molar-refractivity contribution in [3.8, 4) is 11.1 Å². The van der Waals surface area contributed by atoms with Gasteiger partial charge in [0.1, 0.15) is 11.2 Å². The molecule has 1 atom stereocenters. The van der Waals surface area contributed by atoms with Gasteiger partial charge in [-0.2, -0.15) is 4.98 Å². The molecule has 2 fully saturated rings. The monoisotopic (exact) mass is 562 g/mol. The third-order valence-corrected chi connectivity index (χ3v) is 8.38. The summed E-state index contributed by atoms with van der Waals surface area (Å²) in [5, 5.41) is 14.5. The van der Waals surface area contributed by atoms with E-state index in [-0.39, 0.29) is 18.2 Å². The molecule has 2 N–H and O–H groups in total. The SMILES string of the molecule is CCCNc1ncc2c(-c3ccc(C(C)N4CCN(C(=O)OC(C)(C)C)CC4)cc3)cn(C3CCC(O)CC3)c2n1. The van der Waals surface area contributed by atoms with Crippen LogP contribution in [0.5, 0.6) is 0 Å². The number of amides is 1. The molecule has 3 aromatic rings. The van der Waals surface area contributed by atoms with E-state index in [1.807, 2.05) is 31.9 Å². The van der Waals surface area contributed by atoms with Crippen molar-refractivity contribution in [3.05, 3.63) is 42.2 Å². The number of benzene rings is 1. The number of nitrogens with zero attached hydrogens (tertiary/aromatic N) is 5. The zero-order chi connectivity index (χ0) is 29.1. The highest BCUT2D eigenvalue weighted by Gasteiger charge is 2.28. The number of ether oxygens (including phenoxy) is 1. The van der Waals surface area contributed by atoms with Gasteiger partial charge in [0.15, 0.2) is 0 Å². The molecule has 222 valence electrons. The largest absolute Gasteiger partial charge is 0.444 e. The zero-order valence-electron chi connectivity index (χ0n) is 25.3. The second-order valence-corrected chi connectivity index (χ2v) is 12.6. The molecule has 1 saturated heterocycles. The number of rotatable bonds is 7. The van der Waals surface area contributed by atoms with E-state index < -0.39 is 5.60 Å². The molecule has 1 amide bonds. The first-order chi connectivity index (χ1) is 19.6. The quantitative estimate of drug-likeness (QED) is 0.364. The zero-order valence-corrected chi connectivity index (χ0v) is 25.3. The Bertz CT molecular complexity index is 1320. The summed E-state index contributed by atoms with van der Waals surface area (Å²) in [4.78, 5) is 26.3. The second-order valence-electron chi connectivity index (χ2n) is 12.6. The minimum absolute atomic E-state index is 0.196. The van der Waals surface area contributed by atoms with Crippen LogP contribution in [0.4, 0.5) is 10.7 Å². The van der Waals surface area contributed by atoms with Gasteiger partial charge in [-0.25, -0.2) is 9.78 Å². The Morgan fingerprint density at radius 3 is 2.41 bits per heavy atom. The number of aromatic nitrogens is 3. The van der Waals surface area contributed by atoms with E-state index in [9.17, 15) is 9.90 Å². The van der Waals surface area contributed by atoms with Gasteiger partial charge in [0, 0.05) is 68.2 Å². The van der Waals surface area contributed by atoms with E-state index in [0.717, 1.165) is 73.9 Å². The van der Waals surface area contributed by atoms with Crippen LogP contribution in [0.15, 0.2) is 36.7 Å². The minimum Gasteiger partial charge on any atom is -0.444 e. The molecule has 1 aromatic carbocycles. The van der Waals surface area contributed by atoms with Crippen molar-refractivity contribution >= 4 is 23.1 Å². The fourth-order valence-electron chi connectivity index (χ4n) is 5.97. The Hall–Kier alpha value is -3.17. The van der Waals surface area contributed by atoms with Gasteiger partial charge in [-0.1, -0.05) is 31.2 Å². The average Bonchev–Trinajstić information content (AvgIpc) is 3.34. The number of nitrogens with one attached hydrogen (secondary N) is 1. The summed E-state index contributed by atoms with van der Waals surface area (Å²) in [6.45, 7) is 13.9. The topological polar surface area (TPSA) is 95.8 Å². The fraction of sp³-hybridized carbons (Fsp3) is 0.594. The second kappa shape index (κ2) is 12.4. The molecular formula is C32H46N6O3. The predicted molar refractivity (Wildman–Crippen MR) is 163 cm³/mol. The molecule has 5 rings (SSSR count). The van der Waals surface area contributed by atoms with Gasteiger partial charge in [-0.15, -0.1) is 0 Å². The average molecular weight is 563 g/mol. The molecule has 1 saturated carbocycles. The molecule has 0 spiro atoms. The number of carbonyl (C=O) groups is 1. The van der Waals surface area contributed by atoms with Crippen LogP contribution < -0.4 is 5.32 Å². The van der Waals surface area contributed by atoms with Crippen molar-refractivity contribution in [2.75, 3.05) is 38.0 Å². The van der Waals surface area contributed by atoms with Crippen LogP contribution in [0.3, 0.4) is 0 Å². The molecule has 3 heterocycles. The highest BCUT2D eigenvalue weighted by Crippen LogP contribution is 2.37.